The summed E-state index contributed by atoms with van der Waals surface area (Å²) < 4.78 is 32.3. The normalized spacial score (nSPS) is 21.5. The van der Waals surface area contributed by atoms with E-state index in [4.69, 9.17) is 19.5 Å². The lowest BCUT2D eigenvalue weighted by molar-refractivity contribution is -0.146. The first-order chi connectivity index (χ1) is 18.5. The minimum absolute atomic E-state index is 0.129. The largest absolute Gasteiger partial charge is 0.464 e. The fourth-order valence-electron chi connectivity index (χ4n) is 3.92. The van der Waals surface area contributed by atoms with E-state index in [-0.39, 0.29) is 31.5 Å². The molecule has 0 amide bonds. The summed E-state index contributed by atoms with van der Waals surface area (Å²) in [6.45, 7) is 5.33. The number of carbonyl (C=O) groups is 1. The topological polar surface area (TPSA) is 168 Å². The van der Waals surface area contributed by atoms with E-state index in [9.17, 15) is 19.3 Å². The number of nitrogens with one attached hydrogen (secondary N) is 1. The number of carbonyl (C=O) groups excluding carboxylic acids is 1. The molecule has 5 atom stereocenters. The maximum Gasteiger partial charge on any atom is 0.459 e. The van der Waals surface area contributed by atoms with Crippen LogP contribution in [-0.2, 0) is 18.6 Å². The molecule has 1 saturated heterocycles. The molecule has 0 bridgehead atoms. The van der Waals surface area contributed by atoms with Crippen LogP contribution in [-0.4, -0.2) is 56.2 Å². The van der Waals surface area contributed by atoms with Crippen molar-refractivity contribution in [2.45, 2.75) is 50.0 Å². The maximum absolute atomic E-state index is 14.0. The molecule has 210 valence electrons. The van der Waals surface area contributed by atoms with Gasteiger partial charge in [0.2, 0.25) is 5.95 Å². The second kappa shape index (κ2) is 12.5. The minimum atomic E-state index is -4.17. The van der Waals surface area contributed by atoms with Crippen LogP contribution in [0.15, 0.2) is 53.6 Å². The van der Waals surface area contributed by atoms with Crippen LogP contribution in [0.1, 0.15) is 32.6 Å². The number of hydrogen-bond donors (Lipinski definition) is 3. The fraction of sp³-hybridized carbons (Fsp3) is 0.440. The zero-order chi connectivity index (χ0) is 28.2. The number of ether oxygens (including phenoxy) is 1. The maximum atomic E-state index is 14.0. The molecule has 4 rings (SSSR count). The van der Waals surface area contributed by atoms with Crippen LogP contribution in [0, 0.1) is 5.92 Å². The van der Waals surface area contributed by atoms with E-state index < -0.39 is 42.2 Å². The number of thioether (sulfide) groups is 1. The molecular formula is C25H32N5O7PS. The summed E-state index contributed by atoms with van der Waals surface area (Å²) in [6.07, 6.45) is 0.605. The number of fused-ring (bicyclic) bond motifs is 1. The molecule has 4 N–H and O–H groups in total. The summed E-state index contributed by atoms with van der Waals surface area (Å²) in [7, 11) is -4.17. The van der Waals surface area contributed by atoms with Crippen LogP contribution in [0.3, 0.4) is 0 Å². The molecule has 14 heteroatoms. The Kier molecular flexibility index (Phi) is 9.29. The highest BCUT2D eigenvalue weighted by Crippen LogP contribution is 2.49. The lowest BCUT2D eigenvalue weighted by Gasteiger charge is -2.25. The van der Waals surface area contributed by atoms with Crippen molar-refractivity contribution in [3.8, 4) is 5.75 Å². The van der Waals surface area contributed by atoms with E-state index >= 15 is 0 Å². The van der Waals surface area contributed by atoms with Gasteiger partial charge in [0, 0.05) is 11.8 Å². The Morgan fingerprint density at radius 1 is 1.26 bits per heavy atom. The first kappa shape index (κ1) is 29.0. The predicted molar refractivity (Wildman–Crippen MR) is 148 cm³/mol. The van der Waals surface area contributed by atoms with E-state index in [0.717, 1.165) is 5.39 Å². The third-order valence-corrected chi connectivity index (χ3v) is 9.06. The minimum Gasteiger partial charge on any atom is -0.464 e. The molecule has 0 spiro atoms. The quantitative estimate of drug-likeness (QED) is 0.225. The summed E-state index contributed by atoms with van der Waals surface area (Å²) in [5, 5.41) is 13.9. The molecule has 2 aromatic carbocycles. The number of nitrogens with zero attached hydrogens (tertiary/aromatic N) is 3. The van der Waals surface area contributed by atoms with E-state index in [0.29, 0.717) is 11.1 Å². The smallest absolute Gasteiger partial charge is 0.459 e. The molecular weight excluding hydrogens is 545 g/mol. The molecule has 1 aliphatic heterocycles. The molecule has 1 aliphatic rings. The molecule has 1 aromatic heterocycles. The summed E-state index contributed by atoms with van der Waals surface area (Å²) in [5.41, 5.74) is 4.88. The van der Waals surface area contributed by atoms with E-state index in [1.807, 2.05) is 44.2 Å². The summed E-state index contributed by atoms with van der Waals surface area (Å²) in [6, 6.07) is 11.7. The van der Waals surface area contributed by atoms with Gasteiger partial charge in [0.1, 0.15) is 18.1 Å². The van der Waals surface area contributed by atoms with E-state index in [1.54, 1.807) is 12.1 Å². The monoisotopic (exact) mass is 577 g/mol. The van der Waals surface area contributed by atoms with Crippen molar-refractivity contribution in [1.82, 2.24) is 19.6 Å². The van der Waals surface area contributed by atoms with Gasteiger partial charge in [-0.05, 0) is 24.3 Å². The standard InChI is InChI=1S/C25H32N5O7PS/c1-15(2)12-35-23(32)16(3)29-38(34,37-20-10-6-8-17-7-4-5-9-18(17)20)36-13-21-19(31)11-22(39-21)30-14-27-24(26)28-25(30)33/h4-10,14-16,19,21-22,31H,11-13H2,1-3H3,(H,29,34)(H2,26,28,33)/t16-,19?,21+,22+,38?/m0/s1. The molecule has 2 unspecified atom stereocenters. The van der Waals surface area contributed by atoms with Crippen LogP contribution in [0.2, 0.25) is 0 Å². The Hall–Kier alpha value is -2.96. The summed E-state index contributed by atoms with van der Waals surface area (Å²) >= 11 is 1.25. The van der Waals surface area contributed by atoms with Crippen LogP contribution < -0.4 is 21.0 Å². The van der Waals surface area contributed by atoms with Gasteiger partial charge in [-0.1, -0.05) is 50.2 Å². The summed E-state index contributed by atoms with van der Waals surface area (Å²) in [4.78, 5) is 32.3. The Labute approximate surface area is 229 Å². The van der Waals surface area contributed by atoms with Gasteiger partial charge in [-0.25, -0.2) is 14.3 Å². The molecule has 0 radical (unpaired) electrons. The third kappa shape index (κ3) is 7.37. The fourth-order valence-corrected chi connectivity index (χ4v) is 6.98. The van der Waals surface area contributed by atoms with Crippen molar-refractivity contribution in [3.05, 3.63) is 59.3 Å². The second-order valence-electron chi connectivity index (χ2n) is 9.57. The molecule has 0 aliphatic carbocycles. The molecule has 0 saturated carbocycles. The van der Waals surface area contributed by atoms with Crippen molar-refractivity contribution < 1.29 is 28.3 Å². The average molecular weight is 578 g/mol. The highest BCUT2D eigenvalue weighted by Gasteiger charge is 2.39. The number of esters is 1. The number of aliphatic hydroxyl groups excluding tert-OH is 1. The summed E-state index contributed by atoms with van der Waals surface area (Å²) in [5.74, 6) is -0.316. The van der Waals surface area contributed by atoms with Gasteiger partial charge in [0.25, 0.3) is 0 Å². The van der Waals surface area contributed by atoms with Crippen LogP contribution in [0.25, 0.3) is 10.8 Å². The van der Waals surface area contributed by atoms with Crippen molar-refractivity contribution in [3.63, 3.8) is 0 Å². The third-order valence-electron chi connectivity index (χ3n) is 5.90. The molecule has 1 fully saturated rings. The first-order valence-electron chi connectivity index (χ1n) is 12.4. The average Bonchev–Trinajstić information content (AvgIpc) is 3.26. The van der Waals surface area contributed by atoms with Gasteiger partial charge < -0.3 is 20.1 Å². The van der Waals surface area contributed by atoms with Crippen molar-refractivity contribution in [1.29, 1.82) is 0 Å². The van der Waals surface area contributed by atoms with E-state index in [2.05, 4.69) is 15.1 Å². The van der Waals surface area contributed by atoms with E-state index in [1.165, 1.54) is 29.6 Å². The number of nitrogens with two attached hydrogens (primary N) is 1. The zero-order valence-electron chi connectivity index (χ0n) is 21.8. The predicted octanol–water partition coefficient (Wildman–Crippen LogP) is 3.12. The number of aliphatic hydroxyl groups is 1. The number of rotatable bonds is 11. The number of hydrogen-bond acceptors (Lipinski definition) is 11. The molecule has 39 heavy (non-hydrogen) atoms. The van der Waals surface area contributed by atoms with Gasteiger partial charge in [-0.15, -0.1) is 11.8 Å². The number of nitrogen functional groups attached to an aromatic ring is 1. The van der Waals surface area contributed by atoms with Gasteiger partial charge in [-0.2, -0.15) is 10.1 Å². The number of aromatic nitrogens is 3. The van der Waals surface area contributed by atoms with Crippen LogP contribution in [0.4, 0.5) is 5.95 Å². The number of benzene rings is 2. The highest BCUT2D eigenvalue weighted by atomic mass is 32.2. The second-order valence-corrected chi connectivity index (χ2v) is 12.7. The molecule has 2 heterocycles. The Balaban J connectivity index is 1.52. The highest BCUT2D eigenvalue weighted by molar-refractivity contribution is 8.00. The first-order valence-corrected chi connectivity index (χ1v) is 14.9. The van der Waals surface area contributed by atoms with Crippen molar-refractivity contribution in [2.24, 2.45) is 5.92 Å². The van der Waals surface area contributed by atoms with Gasteiger partial charge in [0.05, 0.1) is 29.9 Å². The Morgan fingerprint density at radius 2 is 2.00 bits per heavy atom. The van der Waals surface area contributed by atoms with Crippen LogP contribution >= 0.6 is 19.5 Å². The SMILES string of the molecule is CC(C)COC(=O)[C@H](C)NP(=O)(OC[C@H]1S[C@@H](n2cnc(N)nc2=O)CC1O)Oc1cccc2ccccc12. The lowest BCUT2D eigenvalue weighted by atomic mass is 10.1. The van der Waals surface area contributed by atoms with Crippen molar-refractivity contribution >= 4 is 42.2 Å². The Morgan fingerprint density at radius 3 is 2.74 bits per heavy atom. The Bertz CT molecular complexity index is 1420. The number of anilines is 1. The van der Waals surface area contributed by atoms with Gasteiger partial charge in [0.15, 0.2) is 0 Å². The van der Waals surface area contributed by atoms with Gasteiger partial charge in [-0.3, -0.25) is 13.9 Å². The zero-order valence-corrected chi connectivity index (χ0v) is 23.5. The van der Waals surface area contributed by atoms with Gasteiger partial charge >= 0.3 is 19.4 Å². The van der Waals surface area contributed by atoms with Crippen molar-refractivity contribution in [2.75, 3.05) is 18.9 Å². The lowest BCUT2D eigenvalue weighted by Crippen LogP contribution is -2.36. The molecule has 3 aromatic rings. The molecule has 12 nitrogen and oxygen atoms in total. The van der Waals surface area contributed by atoms with Crippen LogP contribution in [0.5, 0.6) is 5.75 Å².